The highest BCUT2D eigenvalue weighted by Crippen LogP contribution is 2.23. The minimum absolute atomic E-state index is 0.0961. The fourth-order valence-corrected chi connectivity index (χ4v) is 2.29. The zero-order chi connectivity index (χ0) is 10.1. The second-order valence-corrected chi connectivity index (χ2v) is 3.85. The van der Waals surface area contributed by atoms with Crippen LogP contribution in [0.4, 0.5) is 5.82 Å². The summed E-state index contributed by atoms with van der Waals surface area (Å²) < 4.78 is 1.55. The van der Waals surface area contributed by atoms with Crippen LogP contribution in [0.2, 0.25) is 0 Å². The Morgan fingerprint density at radius 1 is 1.71 bits per heavy atom. The number of nitrogens with zero attached hydrogens (tertiary/aromatic N) is 3. The number of rotatable bonds is 1. The van der Waals surface area contributed by atoms with Crippen molar-refractivity contribution in [1.82, 2.24) is 9.55 Å². The second kappa shape index (κ2) is 3.35. The molecule has 0 saturated heterocycles. The van der Waals surface area contributed by atoms with Crippen LogP contribution >= 0.6 is 11.8 Å². The maximum absolute atomic E-state index is 11.7. The normalized spacial score (nSPS) is 13.4. The molecule has 0 fully saturated rings. The van der Waals surface area contributed by atoms with Crippen LogP contribution in [0.3, 0.4) is 0 Å². The maximum Gasteiger partial charge on any atom is 0.274 e. The average molecular weight is 208 g/mol. The number of anilines is 1. The Morgan fingerprint density at radius 2 is 2.50 bits per heavy atom. The SMILES string of the molecule is CNc1nc2n(c(=O)c1C#N)CCS2. The quantitative estimate of drug-likeness (QED) is 0.670. The highest BCUT2D eigenvalue weighted by Gasteiger charge is 2.19. The second-order valence-electron chi connectivity index (χ2n) is 2.79. The summed E-state index contributed by atoms with van der Waals surface area (Å²) in [6.45, 7) is 0.643. The van der Waals surface area contributed by atoms with Crippen LogP contribution in [0.5, 0.6) is 0 Å². The summed E-state index contributed by atoms with van der Waals surface area (Å²) in [6, 6.07) is 1.88. The predicted octanol–water partition coefficient (Wildman–Crippen LogP) is 0.262. The van der Waals surface area contributed by atoms with Gasteiger partial charge in [0.2, 0.25) is 0 Å². The first-order valence-corrected chi connectivity index (χ1v) is 5.12. The standard InChI is InChI=1S/C8H8N4OS/c1-10-6-5(4-9)7(13)12-2-3-14-8(12)11-6/h10H,2-3H2,1H3. The molecule has 1 aliphatic rings. The predicted molar refractivity (Wildman–Crippen MR) is 53.5 cm³/mol. The number of hydrogen-bond acceptors (Lipinski definition) is 5. The number of thioether (sulfide) groups is 1. The number of nitriles is 1. The molecule has 1 aromatic rings. The van der Waals surface area contributed by atoms with E-state index in [9.17, 15) is 4.79 Å². The van der Waals surface area contributed by atoms with Gasteiger partial charge in [-0.1, -0.05) is 11.8 Å². The third-order valence-electron chi connectivity index (χ3n) is 2.03. The van der Waals surface area contributed by atoms with Crippen LogP contribution in [0.15, 0.2) is 9.95 Å². The highest BCUT2D eigenvalue weighted by atomic mass is 32.2. The Labute approximate surface area is 84.8 Å². The van der Waals surface area contributed by atoms with Crippen LogP contribution in [-0.2, 0) is 6.54 Å². The Hall–Kier alpha value is -1.48. The fraction of sp³-hybridized carbons (Fsp3) is 0.375. The summed E-state index contributed by atoms with van der Waals surface area (Å²) in [5.74, 6) is 1.22. The van der Waals surface area contributed by atoms with E-state index in [4.69, 9.17) is 5.26 Å². The lowest BCUT2D eigenvalue weighted by molar-refractivity contribution is 0.655. The molecular weight excluding hydrogens is 200 g/mol. The molecule has 2 heterocycles. The molecule has 0 saturated carbocycles. The molecule has 0 radical (unpaired) electrons. The van der Waals surface area contributed by atoms with E-state index in [1.807, 2.05) is 6.07 Å². The van der Waals surface area contributed by atoms with Gasteiger partial charge in [0.1, 0.15) is 6.07 Å². The van der Waals surface area contributed by atoms with Gasteiger partial charge in [0.25, 0.3) is 5.56 Å². The van der Waals surface area contributed by atoms with Crippen LogP contribution in [0.25, 0.3) is 0 Å². The third kappa shape index (κ3) is 1.17. The summed E-state index contributed by atoms with van der Waals surface area (Å²) in [5.41, 5.74) is -0.148. The number of hydrogen-bond donors (Lipinski definition) is 1. The van der Waals surface area contributed by atoms with Crippen molar-refractivity contribution in [3.05, 3.63) is 15.9 Å². The molecule has 1 aliphatic heterocycles. The van der Waals surface area contributed by atoms with Crippen LogP contribution in [0, 0.1) is 11.3 Å². The lowest BCUT2D eigenvalue weighted by Crippen LogP contribution is -2.24. The number of fused-ring (bicyclic) bond motifs is 1. The molecule has 0 amide bonds. The molecular formula is C8H8N4OS. The molecule has 0 atom stereocenters. The lowest BCUT2D eigenvalue weighted by atomic mass is 10.3. The van der Waals surface area contributed by atoms with Crippen molar-refractivity contribution in [2.75, 3.05) is 18.1 Å². The Kier molecular flexibility index (Phi) is 2.17. The number of aromatic nitrogens is 2. The van der Waals surface area contributed by atoms with Crippen LogP contribution < -0.4 is 10.9 Å². The maximum atomic E-state index is 11.7. The van der Waals surface area contributed by atoms with E-state index < -0.39 is 0 Å². The van der Waals surface area contributed by atoms with Crippen molar-refractivity contribution in [2.45, 2.75) is 11.7 Å². The molecule has 5 nitrogen and oxygen atoms in total. The van der Waals surface area contributed by atoms with Crippen LogP contribution in [-0.4, -0.2) is 22.4 Å². The van der Waals surface area contributed by atoms with Gasteiger partial charge in [0.15, 0.2) is 16.5 Å². The van der Waals surface area contributed by atoms with E-state index in [1.54, 1.807) is 11.6 Å². The summed E-state index contributed by atoms with van der Waals surface area (Å²) in [5, 5.41) is 12.3. The minimum Gasteiger partial charge on any atom is -0.372 e. The van der Waals surface area contributed by atoms with E-state index in [0.717, 1.165) is 5.75 Å². The number of nitrogens with one attached hydrogen (secondary N) is 1. The van der Waals surface area contributed by atoms with Gasteiger partial charge < -0.3 is 5.32 Å². The van der Waals surface area contributed by atoms with Crippen molar-refractivity contribution in [2.24, 2.45) is 0 Å². The van der Waals surface area contributed by atoms with Gasteiger partial charge in [-0.25, -0.2) is 4.98 Å². The Bertz CT molecular complexity index is 473. The molecule has 1 N–H and O–H groups in total. The molecule has 2 rings (SSSR count). The summed E-state index contributed by atoms with van der Waals surface area (Å²) >= 11 is 1.53. The molecule has 0 spiro atoms. The fourth-order valence-electron chi connectivity index (χ4n) is 1.35. The van der Waals surface area contributed by atoms with E-state index in [-0.39, 0.29) is 11.1 Å². The molecule has 0 bridgehead atoms. The van der Waals surface area contributed by atoms with Crippen molar-refractivity contribution >= 4 is 17.6 Å². The Morgan fingerprint density at radius 3 is 3.14 bits per heavy atom. The van der Waals surface area contributed by atoms with Gasteiger partial charge in [-0.15, -0.1) is 0 Å². The monoisotopic (exact) mass is 208 g/mol. The first-order chi connectivity index (χ1) is 6.77. The van der Waals surface area contributed by atoms with E-state index in [2.05, 4.69) is 10.3 Å². The molecule has 1 aromatic heterocycles. The summed E-state index contributed by atoms with van der Waals surface area (Å²) in [6.07, 6.45) is 0. The van der Waals surface area contributed by atoms with Gasteiger partial charge in [0, 0.05) is 19.3 Å². The van der Waals surface area contributed by atoms with Gasteiger partial charge in [0.05, 0.1) is 0 Å². The van der Waals surface area contributed by atoms with Crippen molar-refractivity contribution in [1.29, 1.82) is 5.26 Å². The molecule has 0 unspecified atom stereocenters. The highest BCUT2D eigenvalue weighted by molar-refractivity contribution is 7.99. The van der Waals surface area contributed by atoms with Gasteiger partial charge >= 0.3 is 0 Å². The molecule has 14 heavy (non-hydrogen) atoms. The van der Waals surface area contributed by atoms with Crippen molar-refractivity contribution in [3.63, 3.8) is 0 Å². The largest absolute Gasteiger partial charge is 0.372 e. The molecule has 0 aliphatic carbocycles. The lowest BCUT2D eigenvalue weighted by Gasteiger charge is -2.05. The molecule has 0 aromatic carbocycles. The van der Waals surface area contributed by atoms with Gasteiger partial charge in [-0.05, 0) is 0 Å². The van der Waals surface area contributed by atoms with E-state index >= 15 is 0 Å². The zero-order valence-corrected chi connectivity index (χ0v) is 8.39. The average Bonchev–Trinajstić information content (AvgIpc) is 2.65. The van der Waals surface area contributed by atoms with Gasteiger partial charge in [-0.3, -0.25) is 9.36 Å². The summed E-state index contributed by atoms with van der Waals surface area (Å²) in [4.78, 5) is 15.9. The smallest absolute Gasteiger partial charge is 0.274 e. The molecule has 6 heteroatoms. The Balaban J connectivity index is 2.74. The van der Waals surface area contributed by atoms with Crippen LogP contribution in [0.1, 0.15) is 5.56 Å². The van der Waals surface area contributed by atoms with E-state index in [1.165, 1.54) is 11.8 Å². The third-order valence-corrected chi connectivity index (χ3v) is 2.99. The zero-order valence-electron chi connectivity index (χ0n) is 7.57. The first kappa shape index (κ1) is 9.09. The minimum atomic E-state index is -0.244. The first-order valence-electron chi connectivity index (χ1n) is 4.13. The van der Waals surface area contributed by atoms with Gasteiger partial charge in [-0.2, -0.15) is 5.26 Å². The van der Waals surface area contributed by atoms with E-state index in [0.29, 0.717) is 17.5 Å². The topological polar surface area (TPSA) is 70.7 Å². The van der Waals surface area contributed by atoms with Crippen molar-refractivity contribution < 1.29 is 0 Å². The molecule has 72 valence electrons. The summed E-state index contributed by atoms with van der Waals surface area (Å²) in [7, 11) is 1.65. The van der Waals surface area contributed by atoms with Crippen molar-refractivity contribution in [3.8, 4) is 6.07 Å².